The van der Waals surface area contributed by atoms with Crippen molar-refractivity contribution in [1.29, 1.82) is 0 Å². The predicted molar refractivity (Wildman–Crippen MR) is 133 cm³/mol. The summed E-state index contributed by atoms with van der Waals surface area (Å²) in [6, 6.07) is 7.72. The van der Waals surface area contributed by atoms with Gasteiger partial charge in [-0.05, 0) is 50.5 Å². The minimum atomic E-state index is -0.598. The van der Waals surface area contributed by atoms with Crippen LogP contribution in [0.15, 0.2) is 34.9 Å². The van der Waals surface area contributed by atoms with E-state index in [9.17, 15) is 14.4 Å². The molecule has 184 valence electrons. The molecule has 1 fully saturated rings. The third kappa shape index (κ3) is 5.75. The zero-order valence-electron chi connectivity index (χ0n) is 19.1. The van der Waals surface area contributed by atoms with Crippen molar-refractivity contribution in [2.24, 2.45) is 5.73 Å². The number of benzene rings is 1. The summed E-state index contributed by atoms with van der Waals surface area (Å²) in [7, 11) is 0. The van der Waals surface area contributed by atoms with Gasteiger partial charge in [0.1, 0.15) is 22.4 Å². The summed E-state index contributed by atoms with van der Waals surface area (Å²) < 4.78 is 10.8. The number of hydrogen-bond acceptors (Lipinski definition) is 7. The number of ether oxygens (including phenoxy) is 1. The van der Waals surface area contributed by atoms with Crippen LogP contribution in [0.25, 0.3) is 10.4 Å². The highest BCUT2D eigenvalue weighted by atomic mass is 35.5. The molecule has 4 rings (SSSR count). The number of hydrogen-bond donors (Lipinski definition) is 3. The molecule has 1 aliphatic heterocycles. The number of likely N-dealkylation sites (tertiary alicyclic amines) is 1. The second-order valence-corrected chi connectivity index (χ2v) is 9.58. The lowest BCUT2D eigenvalue weighted by atomic mass is 10.1. The van der Waals surface area contributed by atoms with Crippen LogP contribution in [0.3, 0.4) is 0 Å². The number of rotatable bonds is 5. The van der Waals surface area contributed by atoms with E-state index in [0.29, 0.717) is 41.6 Å². The van der Waals surface area contributed by atoms with E-state index >= 15 is 0 Å². The number of halogens is 1. The summed E-state index contributed by atoms with van der Waals surface area (Å²) in [5.74, 6) is -0.139. The molecule has 0 spiro atoms. The van der Waals surface area contributed by atoms with Gasteiger partial charge >= 0.3 is 18.0 Å². The first kappa shape index (κ1) is 24.6. The van der Waals surface area contributed by atoms with E-state index in [4.69, 9.17) is 26.6 Å². The van der Waals surface area contributed by atoms with E-state index in [0.717, 1.165) is 10.4 Å². The number of aryl methyl sites for hydroxylation is 2. The van der Waals surface area contributed by atoms with Crippen molar-refractivity contribution in [3.63, 3.8) is 0 Å². The SMILES string of the molecule is Cc1noc(C)c1NC(=O)Nc1cc(-c2ccc(Cl)cc2)sc1C(=O)OC1CCCN(C(N)=O)C1. The number of primary amides is 1. The number of aromatic nitrogens is 1. The van der Waals surface area contributed by atoms with Crippen molar-refractivity contribution in [1.82, 2.24) is 10.1 Å². The second-order valence-electron chi connectivity index (χ2n) is 8.09. The molecule has 1 aliphatic rings. The molecule has 0 bridgehead atoms. The normalized spacial score (nSPS) is 15.5. The van der Waals surface area contributed by atoms with Crippen molar-refractivity contribution in [2.45, 2.75) is 32.8 Å². The van der Waals surface area contributed by atoms with E-state index < -0.39 is 24.1 Å². The summed E-state index contributed by atoms with van der Waals surface area (Å²) in [4.78, 5) is 39.8. The van der Waals surface area contributed by atoms with E-state index in [2.05, 4.69) is 15.8 Å². The topological polar surface area (TPSA) is 140 Å². The number of carbonyl (C=O) groups excluding carboxylic acids is 3. The molecule has 2 aromatic heterocycles. The minimum Gasteiger partial charge on any atom is -0.456 e. The Kier molecular flexibility index (Phi) is 7.27. The van der Waals surface area contributed by atoms with Gasteiger partial charge in [-0.2, -0.15) is 0 Å². The Bertz CT molecular complexity index is 1240. The molecular formula is C23H24ClN5O5S. The van der Waals surface area contributed by atoms with Crippen molar-refractivity contribution in [3.05, 3.63) is 51.7 Å². The number of urea groups is 2. The molecular weight excluding hydrogens is 494 g/mol. The minimum absolute atomic E-state index is 0.222. The summed E-state index contributed by atoms with van der Waals surface area (Å²) in [6.45, 7) is 4.14. The van der Waals surface area contributed by atoms with Gasteiger partial charge in [0.15, 0.2) is 5.76 Å². The highest BCUT2D eigenvalue weighted by Crippen LogP contribution is 2.36. The lowest BCUT2D eigenvalue weighted by Gasteiger charge is -2.31. The lowest BCUT2D eigenvalue weighted by molar-refractivity contribution is 0.0134. The molecule has 4 amide bonds. The van der Waals surface area contributed by atoms with E-state index in [1.165, 1.54) is 16.2 Å². The molecule has 12 heteroatoms. The molecule has 1 aromatic carbocycles. The Morgan fingerprint density at radius 3 is 2.63 bits per heavy atom. The van der Waals surface area contributed by atoms with Gasteiger partial charge in [0.2, 0.25) is 0 Å². The van der Waals surface area contributed by atoms with Gasteiger partial charge < -0.3 is 30.5 Å². The van der Waals surface area contributed by atoms with E-state index in [-0.39, 0.29) is 17.1 Å². The Balaban J connectivity index is 1.57. The van der Waals surface area contributed by atoms with Crippen LogP contribution < -0.4 is 16.4 Å². The van der Waals surface area contributed by atoms with Crippen LogP contribution in [0, 0.1) is 13.8 Å². The lowest BCUT2D eigenvalue weighted by Crippen LogP contribution is -2.46. The van der Waals surface area contributed by atoms with Crippen molar-refractivity contribution in [3.8, 4) is 10.4 Å². The molecule has 4 N–H and O–H groups in total. The standard InChI is InChI=1S/C23H24ClN5O5S/c1-12-19(13(2)34-28-12)27-23(32)26-17-10-18(14-5-7-15(24)8-6-14)35-20(17)21(30)33-16-4-3-9-29(11-16)22(25)31/h5-8,10,16H,3-4,9,11H2,1-2H3,(H2,25,31)(H2,26,27,32). The van der Waals surface area contributed by atoms with Crippen LogP contribution in [0.5, 0.6) is 0 Å². The number of nitrogens with two attached hydrogens (primary N) is 1. The summed E-state index contributed by atoms with van der Waals surface area (Å²) in [5, 5.41) is 9.83. The number of carbonyl (C=O) groups is 3. The molecule has 1 unspecified atom stereocenters. The predicted octanol–water partition coefficient (Wildman–Crippen LogP) is 5.02. The maximum Gasteiger partial charge on any atom is 0.350 e. The Labute approximate surface area is 210 Å². The van der Waals surface area contributed by atoms with Crippen LogP contribution in [-0.2, 0) is 4.74 Å². The second kappa shape index (κ2) is 10.4. The van der Waals surface area contributed by atoms with Gasteiger partial charge in [-0.25, -0.2) is 14.4 Å². The fourth-order valence-electron chi connectivity index (χ4n) is 3.76. The zero-order chi connectivity index (χ0) is 25.1. The molecule has 1 saturated heterocycles. The maximum absolute atomic E-state index is 13.2. The van der Waals surface area contributed by atoms with Gasteiger partial charge in [0.05, 0.1) is 12.2 Å². The molecule has 3 aromatic rings. The van der Waals surface area contributed by atoms with Crippen LogP contribution in [-0.4, -0.2) is 47.3 Å². The number of amides is 4. The highest BCUT2D eigenvalue weighted by Gasteiger charge is 2.28. The third-order valence-electron chi connectivity index (χ3n) is 5.53. The zero-order valence-corrected chi connectivity index (χ0v) is 20.7. The van der Waals surface area contributed by atoms with Crippen molar-refractivity contribution >= 4 is 52.3 Å². The smallest absolute Gasteiger partial charge is 0.350 e. The number of piperidine rings is 1. The average Bonchev–Trinajstić information content (AvgIpc) is 3.38. The van der Waals surface area contributed by atoms with Gasteiger partial charge in [0.25, 0.3) is 0 Å². The summed E-state index contributed by atoms with van der Waals surface area (Å²) >= 11 is 7.19. The Hall–Kier alpha value is -3.57. The largest absolute Gasteiger partial charge is 0.456 e. The Morgan fingerprint density at radius 1 is 1.23 bits per heavy atom. The molecule has 0 radical (unpaired) electrons. The number of anilines is 2. The van der Waals surface area contributed by atoms with Crippen LogP contribution in [0.1, 0.15) is 34.0 Å². The van der Waals surface area contributed by atoms with Crippen LogP contribution in [0.4, 0.5) is 21.0 Å². The van der Waals surface area contributed by atoms with Gasteiger partial charge in [-0.15, -0.1) is 11.3 Å². The monoisotopic (exact) mass is 517 g/mol. The van der Waals surface area contributed by atoms with Crippen molar-refractivity contribution < 1.29 is 23.6 Å². The van der Waals surface area contributed by atoms with E-state index in [1.54, 1.807) is 32.0 Å². The van der Waals surface area contributed by atoms with Gasteiger partial charge in [-0.1, -0.05) is 28.9 Å². The van der Waals surface area contributed by atoms with Gasteiger partial charge in [0, 0.05) is 16.4 Å². The molecule has 1 atom stereocenters. The number of thiophene rings is 1. The first-order chi connectivity index (χ1) is 16.7. The van der Waals surface area contributed by atoms with Crippen molar-refractivity contribution in [2.75, 3.05) is 23.7 Å². The highest BCUT2D eigenvalue weighted by molar-refractivity contribution is 7.18. The molecule has 3 heterocycles. The molecule has 0 saturated carbocycles. The maximum atomic E-state index is 13.2. The fourth-order valence-corrected chi connectivity index (χ4v) is 4.89. The third-order valence-corrected chi connectivity index (χ3v) is 6.95. The number of nitrogens with one attached hydrogen (secondary N) is 2. The quantitative estimate of drug-likeness (QED) is 0.406. The van der Waals surface area contributed by atoms with E-state index in [1.807, 2.05) is 12.1 Å². The number of nitrogens with zero attached hydrogens (tertiary/aromatic N) is 2. The summed E-state index contributed by atoms with van der Waals surface area (Å²) in [5.41, 5.74) is 7.47. The first-order valence-corrected chi connectivity index (χ1v) is 12.1. The Morgan fingerprint density at radius 2 is 1.97 bits per heavy atom. The molecule has 35 heavy (non-hydrogen) atoms. The van der Waals surface area contributed by atoms with Gasteiger partial charge in [-0.3, -0.25) is 0 Å². The molecule has 10 nitrogen and oxygen atoms in total. The molecule has 0 aliphatic carbocycles. The van der Waals surface area contributed by atoms with Crippen LogP contribution in [0.2, 0.25) is 5.02 Å². The first-order valence-electron chi connectivity index (χ1n) is 10.9. The summed E-state index contributed by atoms with van der Waals surface area (Å²) in [6.07, 6.45) is 0.792. The average molecular weight is 518 g/mol. The fraction of sp³-hybridized carbons (Fsp3) is 0.304. The van der Waals surface area contributed by atoms with Crippen LogP contribution >= 0.6 is 22.9 Å². The number of esters is 1.